The van der Waals surface area contributed by atoms with Gasteiger partial charge in [-0.15, -0.1) is 0 Å². The Labute approximate surface area is 80.8 Å². The molecule has 5 heteroatoms. The van der Waals surface area contributed by atoms with Gasteiger partial charge < -0.3 is 9.47 Å². The van der Waals surface area contributed by atoms with Gasteiger partial charge in [0.15, 0.2) is 11.5 Å². The van der Waals surface area contributed by atoms with E-state index in [1.165, 1.54) is 0 Å². The first-order chi connectivity index (χ1) is 6.70. The number of hydrazine groups is 1. The number of fused-ring (bicyclic) bond motifs is 1. The third kappa shape index (κ3) is 1.38. The van der Waals surface area contributed by atoms with Crippen LogP contribution in [0.5, 0.6) is 11.5 Å². The Morgan fingerprint density at radius 1 is 1.43 bits per heavy atom. The molecule has 0 saturated carbocycles. The summed E-state index contributed by atoms with van der Waals surface area (Å²) >= 11 is 0. The molecule has 74 valence electrons. The smallest absolute Gasteiger partial charge is 0.323 e. The number of aryl methyl sites for hydroxylation is 1. The summed E-state index contributed by atoms with van der Waals surface area (Å²) in [6.07, 6.45) is -0.975. The van der Waals surface area contributed by atoms with Gasteiger partial charge in [0, 0.05) is 0 Å². The number of rotatable bonds is 1. The molecule has 0 aromatic heterocycles. The molecule has 0 aliphatic carbocycles. The molecule has 0 spiro atoms. The maximum absolute atomic E-state index is 11.1. The normalized spacial score (nSPS) is 18.0. The lowest BCUT2D eigenvalue weighted by Crippen LogP contribution is -2.43. The number of nitrogens with two attached hydrogens (primary N) is 1. The Morgan fingerprint density at radius 2 is 2.14 bits per heavy atom. The summed E-state index contributed by atoms with van der Waals surface area (Å²) < 4.78 is 10.4. The largest absolute Gasteiger partial charge is 0.442 e. The first-order valence-corrected chi connectivity index (χ1v) is 4.15. The minimum Gasteiger partial charge on any atom is -0.442 e. The van der Waals surface area contributed by atoms with Gasteiger partial charge in [-0.05, 0) is 24.6 Å². The van der Waals surface area contributed by atoms with Crippen LogP contribution in [0.3, 0.4) is 0 Å². The van der Waals surface area contributed by atoms with Crippen molar-refractivity contribution < 1.29 is 14.3 Å². The van der Waals surface area contributed by atoms with E-state index in [-0.39, 0.29) is 0 Å². The Bertz CT molecular complexity index is 378. The van der Waals surface area contributed by atoms with E-state index in [1.807, 2.05) is 18.4 Å². The fraction of sp³-hybridized carbons (Fsp3) is 0.222. The zero-order chi connectivity index (χ0) is 10.1. The maximum atomic E-state index is 11.1. The molecule has 14 heavy (non-hydrogen) atoms. The minimum absolute atomic E-state index is 0.501. The van der Waals surface area contributed by atoms with E-state index < -0.39 is 12.2 Å². The average molecular weight is 194 g/mol. The van der Waals surface area contributed by atoms with Gasteiger partial charge in [-0.3, -0.25) is 10.2 Å². The summed E-state index contributed by atoms with van der Waals surface area (Å²) in [5.74, 6) is 5.58. The molecular weight excluding hydrogens is 184 g/mol. The predicted molar refractivity (Wildman–Crippen MR) is 48.6 cm³/mol. The Hall–Kier alpha value is -1.75. The van der Waals surface area contributed by atoms with Gasteiger partial charge in [-0.25, -0.2) is 5.84 Å². The third-order valence-corrected chi connectivity index (χ3v) is 1.92. The topological polar surface area (TPSA) is 73.6 Å². The first-order valence-electron chi connectivity index (χ1n) is 4.15. The summed E-state index contributed by atoms with van der Waals surface area (Å²) in [5.41, 5.74) is 3.01. The quantitative estimate of drug-likeness (QED) is 0.377. The summed E-state index contributed by atoms with van der Waals surface area (Å²) in [4.78, 5) is 11.1. The highest BCUT2D eigenvalue weighted by atomic mass is 16.7. The van der Waals surface area contributed by atoms with Crippen LogP contribution < -0.4 is 20.7 Å². The fourth-order valence-corrected chi connectivity index (χ4v) is 1.23. The van der Waals surface area contributed by atoms with Gasteiger partial charge in [-0.1, -0.05) is 6.07 Å². The van der Waals surface area contributed by atoms with Crippen LogP contribution in [-0.2, 0) is 4.79 Å². The number of benzene rings is 1. The second-order valence-electron chi connectivity index (χ2n) is 3.03. The summed E-state index contributed by atoms with van der Waals surface area (Å²) in [7, 11) is 0. The van der Waals surface area contributed by atoms with Gasteiger partial charge in [-0.2, -0.15) is 0 Å². The minimum atomic E-state index is -0.975. The molecule has 5 nitrogen and oxygen atoms in total. The van der Waals surface area contributed by atoms with Crippen LogP contribution in [0.1, 0.15) is 5.56 Å². The van der Waals surface area contributed by atoms with Crippen LogP contribution in [0.4, 0.5) is 0 Å². The first kappa shape index (κ1) is 8.83. The van der Waals surface area contributed by atoms with E-state index in [4.69, 9.17) is 15.3 Å². The van der Waals surface area contributed by atoms with Crippen molar-refractivity contribution in [3.8, 4) is 11.5 Å². The van der Waals surface area contributed by atoms with Gasteiger partial charge in [0.05, 0.1) is 0 Å². The highest BCUT2D eigenvalue weighted by Gasteiger charge is 2.29. The van der Waals surface area contributed by atoms with E-state index in [0.29, 0.717) is 11.5 Å². The SMILES string of the molecule is Cc1ccc2c(c1)OC(C(=O)NN)O2. The Morgan fingerprint density at radius 3 is 2.86 bits per heavy atom. The fourth-order valence-electron chi connectivity index (χ4n) is 1.23. The molecule has 0 fully saturated rings. The number of carbonyl (C=O) groups is 1. The average Bonchev–Trinajstić information content (AvgIpc) is 2.59. The Kier molecular flexibility index (Phi) is 2.01. The zero-order valence-corrected chi connectivity index (χ0v) is 7.61. The van der Waals surface area contributed by atoms with Crippen molar-refractivity contribution in [1.82, 2.24) is 5.43 Å². The lowest BCUT2D eigenvalue weighted by atomic mass is 10.2. The van der Waals surface area contributed by atoms with Crippen molar-refractivity contribution >= 4 is 5.91 Å². The van der Waals surface area contributed by atoms with E-state index in [0.717, 1.165) is 5.56 Å². The molecule has 0 saturated heterocycles. The van der Waals surface area contributed by atoms with E-state index in [1.54, 1.807) is 12.1 Å². The maximum Gasteiger partial charge on any atom is 0.323 e. The second-order valence-corrected chi connectivity index (χ2v) is 3.03. The predicted octanol–water partition coefficient (Wildman–Crippen LogP) is 0.0822. The molecule has 1 aliphatic heterocycles. The molecule has 3 N–H and O–H groups in total. The van der Waals surface area contributed by atoms with Crippen LogP contribution in [-0.4, -0.2) is 12.2 Å². The van der Waals surface area contributed by atoms with Crippen LogP contribution in [0, 0.1) is 6.92 Å². The molecule has 1 unspecified atom stereocenters. The van der Waals surface area contributed by atoms with Gasteiger partial charge in [0.25, 0.3) is 0 Å². The number of ether oxygens (including phenoxy) is 2. The molecule has 1 atom stereocenters. The van der Waals surface area contributed by atoms with Crippen molar-refractivity contribution in [2.45, 2.75) is 13.2 Å². The molecule has 0 bridgehead atoms. The lowest BCUT2D eigenvalue weighted by molar-refractivity contribution is -0.136. The standard InChI is InChI=1S/C9H10N2O3/c1-5-2-3-6-7(4-5)14-9(13-6)8(12)11-10/h2-4,9H,10H2,1H3,(H,11,12). The van der Waals surface area contributed by atoms with Crippen molar-refractivity contribution in [2.24, 2.45) is 5.84 Å². The van der Waals surface area contributed by atoms with Crippen molar-refractivity contribution in [2.75, 3.05) is 0 Å². The molecular formula is C9H10N2O3. The Balaban J connectivity index is 2.22. The van der Waals surface area contributed by atoms with Gasteiger partial charge >= 0.3 is 12.2 Å². The van der Waals surface area contributed by atoms with Crippen LogP contribution >= 0.6 is 0 Å². The second kappa shape index (κ2) is 3.19. The van der Waals surface area contributed by atoms with E-state index in [9.17, 15) is 4.79 Å². The molecule has 1 aromatic rings. The number of amides is 1. The number of hydrogen-bond donors (Lipinski definition) is 2. The molecule has 1 amide bonds. The number of nitrogens with one attached hydrogen (secondary N) is 1. The summed E-state index contributed by atoms with van der Waals surface area (Å²) in [6, 6.07) is 5.44. The van der Waals surface area contributed by atoms with Crippen molar-refractivity contribution in [1.29, 1.82) is 0 Å². The molecule has 1 aliphatic rings. The van der Waals surface area contributed by atoms with Gasteiger partial charge in [0.1, 0.15) is 0 Å². The lowest BCUT2D eigenvalue weighted by Gasteiger charge is -2.06. The summed E-state index contributed by atoms with van der Waals surface area (Å²) in [5, 5.41) is 0. The van der Waals surface area contributed by atoms with Gasteiger partial charge in [0.2, 0.25) is 0 Å². The molecule has 0 radical (unpaired) electrons. The highest BCUT2D eigenvalue weighted by molar-refractivity contribution is 5.80. The summed E-state index contributed by atoms with van der Waals surface area (Å²) in [6.45, 7) is 1.93. The highest BCUT2D eigenvalue weighted by Crippen LogP contribution is 2.34. The molecule has 1 heterocycles. The van der Waals surface area contributed by atoms with E-state index in [2.05, 4.69) is 0 Å². The molecule has 2 rings (SSSR count). The zero-order valence-electron chi connectivity index (χ0n) is 7.61. The molecule has 1 aromatic carbocycles. The van der Waals surface area contributed by atoms with Crippen LogP contribution in [0.2, 0.25) is 0 Å². The number of hydrogen-bond acceptors (Lipinski definition) is 4. The number of carbonyl (C=O) groups excluding carboxylic acids is 1. The monoisotopic (exact) mass is 194 g/mol. The van der Waals surface area contributed by atoms with Crippen LogP contribution in [0.25, 0.3) is 0 Å². The van der Waals surface area contributed by atoms with E-state index >= 15 is 0 Å². The van der Waals surface area contributed by atoms with Crippen LogP contribution in [0.15, 0.2) is 18.2 Å². The third-order valence-electron chi connectivity index (χ3n) is 1.92. The van der Waals surface area contributed by atoms with Crippen molar-refractivity contribution in [3.05, 3.63) is 23.8 Å². The van der Waals surface area contributed by atoms with Crippen molar-refractivity contribution in [3.63, 3.8) is 0 Å².